The monoisotopic (exact) mass is 763 g/mol. The van der Waals surface area contributed by atoms with Crippen LogP contribution < -0.4 is 0 Å². The van der Waals surface area contributed by atoms with Gasteiger partial charge in [0.25, 0.3) is 0 Å². The molecule has 0 spiro atoms. The largest absolute Gasteiger partial charge is 0.309 e. The van der Waals surface area contributed by atoms with Crippen LogP contribution in [0.15, 0.2) is 189 Å². The van der Waals surface area contributed by atoms with Gasteiger partial charge in [-0.2, -0.15) is 0 Å². The molecular weight excluding hydrogens is 723 g/mol. The quantitative estimate of drug-likeness (QED) is 0.144. The van der Waals surface area contributed by atoms with Gasteiger partial charge < -0.3 is 4.57 Å². The number of fused-ring (bicyclic) bond motifs is 6. The lowest BCUT2D eigenvalue weighted by molar-refractivity contribution is 0.741. The van der Waals surface area contributed by atoms with Gasteiger partial charge in [0.2, 0.25) is 0 Å². The first kappa shape index (κ1) is 35.5. The second kappa shape index (κ2) is 14.9. The second-order valence-corrected chi connectivity index (χ2v) is 16.1. The van der Waals surface area contributed by atoms with E-state index in [0.717, 1.165) is 45.8 Å². The Morgan fingerprint density at radius 1 is 0.672 bits per heavy atom. The fourth-order valence-corrected chi connectivity index (χ4v) is 9.62. The zero-order valence-corrected chi connectivity index (χ0v) is 33.4. The standard InChI is InChI=1S/C54H41N3S/c1-4-6-13-36(5-2)37-21-26-53-47(31-37)48-34-40(22-27-54(48)58-53)57-51-24-19-38(41-14-7-8-15-42(41)49-16-9-11-28-55-49)32-45(51)46-33-39(20-25-52(46)57)44-30-35(3)18-23-43(44)50-17-10-12-29-56-50/h4-17,19-35H,2,18H2,1,3H3/b6-4-,36-13+. The maximum Gasteiger partial charge on any atom is 0.0708 e. The van der Waals surface area contributed by atoms with E-state index in [9.17, 15) is 0 Å². The summed E-state index contributed by atoms with van der Waals surface area (Å²) < 4.78 is 5.00. The van der Waals surface area contributed by atoms with Crippen LogP contribution in [0.5, 0.6) is 0 Å². The lowest BCUT2D eigenvalue weighted by Crippen LogP contribution is -2.02. The molecule has 0 saturated carbocycles. The van der Waals surface area contributed by atoms with E-state index in [-0.39, 0.29) is 0 Å². The molecule has 0 fully saturated rings. The molecular formula is C54H41N3S. The maximum atomic E-state index is 4.78. The topological polar surface area (TPSA) is 30.7 Å². The first-order chi connectivity index (χ1) is 28.6. The summed E-state index contributed by atoms with van der Waals surface area (Å²) in [6, 6.07) is 48.6. The minimum absolute atomic E-state index is 0.433. The van der Waals surface area contributed by atoms with E-state index in [1.807, 2.05) is 54.9 Å². The van der Waals surface area contributed by atoms with Gasteiger partial charge in [-0.15, -0.1) is 11.3 Å². The number of hydrogen-bond donors (Lipinski definition) is 0. The highest BCUT2D eigenvalue weighted by atomic mass is 32.1. The summed E-state index contributed by atoms with van der Waals surface area (Å²) in [5.74, 6) is 0.433. The number of allylic oxidation sites excluding steroid dienone is 9. The molecule has 9 aromatic rings. The molecule has 1 aliphatic carbocycles. The van der Waals surface area contributed by atoms with E-state index < -0.39 is 0 Å². The first-order valence-electron chi connectivity index (χ1n) is 19.9. The molecule has 0 N–H and O–H groups in total. The predicted molar refractivity (Wildman–Crippen MR) is 249 cm³/mol. The predicted octanol–water partition coefficient (Wildman–Crippen LogP) is 14.9. The zero-order chi connectivity index (χ0) is 39.2. The molecule has 4 heterocycles. The fourth-order valence-electron chi connectivity index (χ4n) is 8.56. The number of rotatable bonds is 8. The van der Waals surface area contributed by atoms with Gasteiger partial charge in [0.05, 0.1) is 22.4 Å². The molecule has 10 rings (SSSR count). The number of pyridine rings is 2. The van der Waals surface area contributed by atoms with Crippen molar-refractivity contribution >= 4 is 70.0 Å². The van der Waals surface area contributed by atoms with Crippen molar-refractivity contribution in [2.75, 3.05) is 0 Å². The van der Waals surface area contributed by atoms with Crippen LogP contribution in [0.2, 0.25) is 0 Å². The normalized spacial score (nSPS) is 14.8. The smallest absolute Gasteiger partial charge is 0.0708 e. The van der Waals surface area contributed by atoms with Gasteiger partial charge in [-0.1, -0.05) is 105 Å². The van der Waals surface area contributed by atoms with Crippen molar-refractivity contribution in [1.82, 2.24) is 14.5 Å². The molecule has 4 aromatic heterocycles. The molecule has 3 nitrogen and oxygen atoms in total. The SMILES string of the molecule is C=C/C(=C\C=C/C)c1ccc2sc3ccc(-n4c5ccc(C6=CC(C)CC=C6c6ccccn6)cc5c5cc(-c6ccccc6-c6ccccn6)ccc54)cc3c2c1. The Labute approximate surface area is 343 Å². The van der Waals surface area contributed by atoms with E-state index in [1.54, 1.807) is 0 Å². The van der Waals surface area contributed by atoms with Crippen molar-refractivity contribution in [3.63, 3.8) is 0 Å². The summed E-state index contributed by atoms with van der Waals surface area (Å²) >= 11 is 1.85. The number of thiophene rings is 1. The van der Waals surface area contributed by atoms with Crippen molar-refractivity contribution < 1.29 is 0 Å². The van der Waals surface area contributed by atoms with E-state index in [0.29, 0.717) is 5.92 Å². The Kier molecular flexibility index (Phi) is 9.12. The molecule has 0 aliphatic heterocycles. The van der Waals surface area contributed by atoms with Gasteiger partial charge in [-0.05, 0) is 132 Å². The summed E-state index contributed by atoms with van der Waals surface area (Å²) in [7, 11) is 0. The minimum Gasteiger partial charge on any atom is -0.309 e. The second-order valence-electron chi connectivity index (χ2n) is 15.0. The summed E-state index contributed by atoms with van der Waals surface area (Å²) in [5.41, 5.74) is 14.8. The summed E-state index contributed by atoms with van der Waals surface area (Å²) in [6.07, 6.45) is 17.7. The van der Waals surface area contributed by atoms with Crippen LogP contribution in [0.4, 0.5) is 0 Å². The Balaban J connectivity index is 1.20. The molecule has 0 saturated heterocycles. The molecule has 1 unspecified atom stereocenters. The summed E-state index contributed by atoms with van der Waals surface area (Å²) in [4.78, 5) is 9.52. The molecule has 0 bridgehead atoms. The number of benzene rings is 5. The third-order valence-electron chi connectivity index (χ3n) is 11.4. The van der Waals surface area contributed by atoms with Crippen molar-refractivity contribution in [3.05, 3.63) is 206 Å². The van der Waals surface area contributed by atoms with E-state index in [2.05, 4.69) is 164 Å². The van der Waals surface area contributed by atoms with Gasteiger partial charge >= 0.3 is 0 Å². The van der Waals surface area contributed by atoms with Crippen molar-refractivity contribution in [1.29, 1.82) is 0 Å². The van der Waals surface area contributed by atoms with Crippen molar-refractivity contribution in [2.24, 2.45) is 5.92 Å². The van der Waals surface area contributed by atoms with Crippen LogP contribution >= 0.6 is 11.3 Å². The number of nitrogens with zero attached hydrogens (tertiary/aromatic N) is 3. The lowest BCUT2D eigenvalue weighted by Gasteiger charge is -2.20. The highest BCUT2D eigenvalue weighted by Crippen LogP contribution is 2.43. The molecule has 0 radical (unpaired) electrons. The average molecular weight is 764 g/mol. The fraction of sp³-hybridized carbons (Fsp3) is 0.0741. The molecule has 4 heteroatoms. The van der Waals surface area contributed by atoms with E-state index in [4.69, 9.17) is 9.97 Å². The summed E-state index contributed by atoms with van der Waals surface area (Å²) in [5, 5.41) is 4.94. The van der Waals surface area contributed by atoms with Gasteiger partial charge in [0, 0.05) is 60.2 Å². The van der Waals surface area contributed by atoms with Crippen LogP contribution in [-0.2, 0) is 0 Å². The third kappa shape index (κ3) is 6.23. The highest BCUT2D eigenvalue weighted by Gasteiger charge is 2.21. The number of aromatic nitrogens is 3. The van der Waals surface area contributed by atoms with Crippen LogP contribution in [0.25, 0.3) is 86.8 Å². The highest BCUT2D eigenvalue weighted by molar-refractivity contribution is 7.25. The third-order valence-corrected chi connectivity index (χ3v) is 12.5. The number of hydrogen-bond acceptors (Lipinski definition) is 3. The van der Waals surface area contributed by atoms with Crippen LogP contribution in [-0.4, -0.2) is 14.5 Å². The molecule has 5 aromatic carbocycles. The maximum absolute atomic E-state index is 4.78. The average Bonchev–Trinajstić information content (AvgIpc) is 3.81. The zero-order valence-electron chi connectivity index (χ0n) is 32.6. The molecule has 1 aliphatic rings. The van der Waals surface area contributed by atoms with Crippen molar-refractivity contribution in [2.45, 2.75) is 20.3 Å². The van der Waals surface area contributed by atoms with E-state index >= 15 is 0 Å². The molecule has 0 amide bonds. The first-order valence-corrected chi connectivity index (χ1v) is 20.8. The Morgan fingerprint density at radius 2 is 1.34 bits per heavy atom. The van der Waals surface area contributed by atoms with Gasteiger partial charge in [-0.25, -0.2) is 0 Å². The van der Waals surface area contributed by atoms with Gasteiger partial charge in [0.1, 0.15) is 0 Å². The van der Waals surface area contributed by atoms with Crippen molar-refractivity contribution in [3.8, 4) is 28.1 Å². The van der Waals surface area contributed by atoms with E-state index in [1.165, 1.54) is 64.3 Å². The van der Waals surface area contributed by atoms with Crippen LogP contribution in [0, 0.1) is 5.92 Å². The lowest BCUT2D eigenvalue weighted by atomic mass is 9.85. The van der Waals surface area contributed by atoms with Gasteiger partial charge in [0.15, 0.2) is 0 Å². The molecule has 278 valence electrons. The van der Waals surface area contributed by atoms with Crippen LogP contribution in [0.1, 0.15) is 37.1 Å². The minimum atomic E-state index is 0.433. The Hall–Kier alpha value is -6.88. The summed E-state index contributed by atoms with van der Waals surface area (Å²) in [6.45, 7) is 8.45. The Morgan fingerprint density at radius 3 is 2.07 bits per heavy atom. The van der Waals surface area contributed by atoms with Crippen LogP contribution in [0.3, 0.4) is 0 Å². The molecule has 1 atom stereocenters. The van der Waals surface area contributed by atoms with Gasteiger partial charge in [-0.3, -0.25) is 9.97 Å². The Bertz CT molecular complexity index is 3170. The molecule has 58 heavy (non-hydrogen) atoms.